The van der Waals surface area contributed by atoms with Crippen molar-refractivity contribution in [1.29, 1.82) is 0 Å². The van der Waals surface area contributed by atoms with E-state index < -0.39 is 16.0 Å². The number of aromatic amines is 2. The number of rotatable bonds is 6. The Labute approximate surface area is 160 Å². The second-order valence-electron chi connectivity index (χ2n) is 6.78. The average molecular weight is 389 g/mol. The third kappa shape index (κ3) is 3.68. The molecule has 0 bridgehead atoms. The molecule has 28 heavy (non-hydrogen) atoms. The number of amides is 1. The lowest BCUT2D eigenvalue weighted by molar-refractivity contribution is -0.385. The normalized spacial score (nSPS) is 13.8. The van der Waals surface area contributed by atoms with Crippen molar-refractivity contribution in [3.05, 3.63) is 48.0 Å². The van der Waals surface area contributed by atoms with Crippen molar-refractivity contribution in [2.45, 2.75) is 33.2 Å². The first-order chi connectivity index (χ1) is 13.3. The van der Waals surface area contributed by atoms with E-state index in [0.29, 0.717) is 42.6 Å². The van der Waals surface area contributed by atoms with Gasteiger partial charge in [-0.1, -0.05) is 13.8 Å². The van der Waals surface area contributed by atoms with Gasteiger partial charge >= 0.3 is 11.1 Å². The highest BCUT2D eigenvalue weighted by molar-refractivity contribution is 5.84. The third-order valence-corrected chi connectivity index (χ3v) is 5.29. The summed E-state index contributed by atoms with van der Waals surface area (Å²) < 4.78 is 0. The number of aromatic nitrogens is 2. The molecule has 2 heterocycles. The summed E-state index contributed by atoms with van der Waals surface area (Å²) in [6.45, 7) is 6.97. The number of hydrogen-bond donors (Lipinski definition) is 2. The molecule has 0 aliphatic carbocycles. The molecule has 1 aromatic heterocycles. The molecule has 0 fully saturated rings. The molecule has 10 nitrogen and oxygen atoms in total. The highest BCUT2D eigenvalue weighted by Crippen LogP contribution is 2.32. The number of benzene rings is 1. The number of hydrogen-bond acceptors (Lipinski definition) is 6. The van der Waals surface area contributed by atoms with Gasteiger partial charge in [0.2, 0.25) is 5.91 Å². The molecule has 2 aromatic rings. The first kappa shape index (κ1) is 19.7. The molecule has 1 aromatic carbocycles. The molecular formula is C18H23N5O5. The number of nitrogens with one attached hydrogen (secondary N) is 2. The van der Waals surface area contributed by atoms with E-state index in [1.807, 2.05) is 13.8 Å². The summed E-state index contributed by atoms with van der Waals surface area (Å²) in [6, 6.07) is 1.27. The highest BCUT2D eigenvalue weighted by atomic mass is 16.6. The Bertz CT molecular complexity index is 1040. The Hall–Kier alpha value is -3.01. The van der Waals surface area contributed by atoms with Gasteiger partial charge < -0.3 is 19.8 Å². The zero-order valence-electron chi connectivity index (χ0n) is 15.9. The van der Waals surface area contributed by atoms with E-state index in [4.69, 9.17) is 0 Å². The van der Waals surface area contributed by atoms with E-state index in [1.165, 1.54) is 6.07 Å². The van der Waals surface area contributed by atoms with Crippen molar-refractivity contribution in [2.24, 2.45) is 0 Å². The summed E-state index contributed by atoms with van der Waals surface area (Å²) in [4.78, 5) is 55.7. The van der Waals surface area contributed by atoms with Crippen molar-refractivity contribution >= 4 is 22.6 Å². The molecule has 0 atom stereocenters. The highest BCUT2D eigenvalue weighted by Gasteiger charge is 2.29. The van der Waals surface area contributed by atoms with Crippen LogP contribution in [-0.2, 0) is 17.8 Å². The minimum atomic E-state index is -0.871. The van der Waals surface area contributed by atoms with Gasteiger partial charge in [0.1, 0.15) is 0 Å². The van der Waals surface area contributed by atoms with Gasteiger partial charge in [-0.15, -0.1) is 0 Å². The first-order valence-corrected chi connectivity index (χ1v) is 9.31. The molecule has 1 aliphatic heterocycles. The largest absolute Gasteiger partial charge is 0.338 e. The summed E-state index contributed by atoms with van der Waals surface area (Å²) >= 11 is 0. The fourth-order valence-electron chi connectivity index (χ4n) is 3.65. The lowest BCUT2D eigenvalue weighted by Gasteiger charge is -2.30. The predicted molar refractivity (Wildman–Crippen MR) is 103 cm³/mol. The van der Waals surface area contributed by atoms with Gasteiger partial charge in [-0.2, -0.15) is 0 Å². The standard InChI is InChI=1S/C18H23N5O5/c1-3-21(4-2)7-6-15(24)22-8-5-11-12(10-22)16-13(9-14(11)23(27)28)19-17(25)18(26)20-16/h9H,3-8,10H2,1-2H3,(H,19,25)(H,20,26). The maximum atomic E-state index is 12.7. The van der Waals surface area contributed by atoms with Gasteiger partial charge in [-0.25, -0.2) is 0 Å². The van der Waals surface area contributed by atoms with E-state index in [0.717, 1.165) is 13.1 Å². The molecule has 1 amide bonds. The predicted octanol–water partition coefficient (Wildman–Crippen LogP) is 0.741. The van der Waals surface area contributed by atoms with Gasteiger partial charge in [0.15, 0.2) is 0 Å². The minimum Gasteiger partial charge on any atom is -0.338 e. The number of nitro groups is 1. The van der Waals surface area contributed by atoms with Crippen LogP contribution in [0, 0.1) is 10.1 Å². The van der Waals surface area contributed by atoms with Crippen LogP contribution in [-0.4, -0.2) is 56.8 Å². The fraction of sp³-hybridized carbons (Fsp3) is 0.500. The molecule has 10 heteroatoms. The Morgan fingerprint density at radius 1 is 1.21 bits per heavy atom. The Balaban J connectivity index is 1.97. The summed E-state index contributed by atoms with van der Waals surface area (Å²) in [5.74, 6) is -0.0380. The van der Waals surface area contributed by atoms with E-state index in [9.17, 15) is 24.5 Å². The molecule has 0 saturated carbocycles. The van der Waals surface area contributed by atoms with Gasteiger partial charge in [-0.05, 0) is 19.5 Å². The van der Waals surface area contributed by atoms with Crippen LogP contribution in [0.3, 0.4) is 0 Å². The van der Waals surface area contributed by atoms with Crippen LogP contribution < -0.4 is 11.1 Å². The second kappa shape index (κ2) is 7.93. The van der Waals surface area contributed by atoms with Gasteiger partial charge in [-0.3, -0.25) is 24.5 Å². The van der Waals surface area contributed by atoms with Crippen LogP contribution in [0.15, 0.2) is 15.7 Å². The molecule has 150 valence electrons. The van der Waals surface area contributed by atoms with Crippen LogP contribution in [0.1, 0.15) is 31.4 Å². The SMILES string of the molecule is CCN(CC)CCC(=O)N1CCc2c([N+](=O)[O-])cc3[nH]c(=O)c(=O)[nH]c3c2C1. The van der Waals surface area contributed by atoms with Crippen molar-refractivity contribution < 1.29 is 9.72 Å². The number of H-pyrrole nitrogens is 2. The lowest BCUT2D eigenvalue weighted by atomic mass is 9.95. The summed E-state index contributed by atoms with van der Waals surface area (Å²) in [5, 5.41) is 11.5. The minimum absolute atomic E-state index is 0.0380. The molecule has 2 N–H and O–H groups in total. The quantitative estimate of drug-likeness (QED) is 0.425. The number of carbonyl (C=O) groups excluding carboxylic acids is 1. The maximum absolute atomic E-state index is 12.7. The summed E-state index contributed by atoms with van der Waals surface area (Å²) in [5.41, 5.74) is -0.273. The molecule has 0 radical (unpaired) electrons. The topological polar surface area (TPSA) is 132 Å². The second-order valence-corrected chi connectivity index (χ2v) is 6.78. The first-order valence-electron chi connectivity index (χ1n) is 9.31. The van der Waals surface area contributed by atoms with E-state index in [2.05, 4.69) is 14.9 Å². The molecule has 3 rings (SSSR count). The Kier molecular flexibility index (Phi) is 5.59. The monoisotopic (exact) mass is 389 g/mol. The molecule has 1 aliphatic rings. The number of nitro benzene ring substituents is 1. The molecule has 0 saturated heterocycles. The van der Waals surface area contributed by atoms with E-state index in [1.54, 1.807) is 4.90 Å². The van der Waals surface area contributed by atoms with Gasteiger partial charge in [0.05, 0.1) is 16.0 Å². The number of fused-ring (bicyclic) bond motifs is 3. The molecule has 0 spiro atoms. The van der Waals surface area contributed by atoms with Crippen LogP contribution in [0.4, 0.5) is 5.69 Å². The summed E-state index contributed by atoms with van der Waals surface area (Å²) in [6.07, 6.45) is 0.678. The summed E-state index contributed by atoms with van der Waals surface area (Å²) in [7, 11) is 0. The van der Waals surface area contributed by atoms with E-state index >= 15 is 0 Å². The number of nitrogens with zero attached hydrogens (tertiary/aromatic N) is 3. The molecular weight excluding hydrogens is 366 g/mol. The number of carbonyl (C=O) groups is 1. The van der Waals surface area contributed by atoms with Crippen molar-refractivity contribution in [3.63, 3.8) is 0 Å². The van der Waals surface area contributed by atoms with E-state index in [-0.39, 0.29) is 23.7 Å². The average Bonchev–Trinajstić information content (AvgIpc) is 2.68. The van der Waals surface area contributed by atoms with Crippen LogP contribution in [0.5, 0.6) is 0 Å². The smallest absolute Gasteiger partial charge is 0.314 e. The Morgan fingerprint density at radius 3 is 2.54 bits per heavy atom. The van der Waals surface area contributed by atoms with Crippen LogP contribution in [0.2, 0.25) is 0 Å². The zero-order valence-corrected chi connectivity index (χ0v) is 15.9. The van der Waals surface area contributed by atoms with Gasteiger partial charge in [0, 0.05) is 43.2 Å². The van der Waals surface area contributed by atoms with Gasteiger partial charge in [0.25, 0.3) is 5.69 Å². The molecule has 0 unspecified atom stereocenters. The Morgan fingerprint density at radius 2 is 1.89 bits per heavy atom. The fourth-order valence-corrected chi connectivity index (χ4v) is 3.65. The maximum Gasteiger partial charge on any atom is 0.314 e. The van der Waals surface area contributed by atoms with Crippen LogP contribution >= 0.6 is 0 Å². The van der Waals surface area contributed by atoms with Crippen molar-refractivity contribution in [3.8, 4) is 0 Å². The van der Waals surface area contributed by atoms with Crippen molar-refractivity contribution in [1.82, 2.24) is 19.8 Å². The van der Waals surface area contributed by atoms with Crippen LogP contribution in [0.25, 0.3) is 11.0 Å². The zero-order chi connectivity index (χ0) is 20.4. The lowest BCUT2D eigenvalue weighted by Crippen LogP contribution is -2.39. The third-order valence-electron chi connectivity index (χ3n) is 5.29. The van der Waals surface area contributed by atoms with Crippen molar-refractivity contribution in [2.75, 3.05) is 26.2 Å².